The molecule has 1 fully saturated rings. The molecule has 0 radical (unpaired) electrons. The number of nitrogen functional groups attached to an aromatic ring is 1. The number of anilines is 1. The molecule has 2 heterocycles. The van der Waals surface area contributed by atoms with E-state index in [9.17, 15) is 9.90 Å². The van der Waals surface area contributed by atoms with Gasteiger partial charge in [-0.05, 0) is 6.42 Å². The lowest BCUT2D eigenvalue weighted by Gasteiger charge is -2.43. The molecule has 0 amide bonds. The molecule has 1 aliphatic rings. The summed E-state index contributed by atoms with van der Waals surface area (Å²) in [5.74, 6) is -0.0832. The largest absolute Gasteiger partial charge is 0.396 e. The van der Waals surface area contributed by atoms with E-state index in [0.717, 1.165) is 5.56 Å². The van der Waals surface area contributed by atoms with Crippen molar-refractivity contribution in [1.82, 2.24) is 9.55 Å². The fourth-order valence-corrected chi connectivity index (χ4v) is 2.11. The van der Waals surface area contributed by atoms with Crippen molar-refractivity contribution >= 4 is 5.82 Å². The van der Waals surface area contributed by atoms with Gasteiger partial charge >= 0.3 is 5.69 Å². The lowest BCUT2D eigenvalue weighted by atomic mass is 9.95. The second-order valence-electron chi connectivity index (χ2n) is 4.29. The Labute approximate surface area is 104 Å². The second-order valence-corrected chi connectivity index (χ2v) is 4.29. The van der Waals surface area contributed by atoms with Gasteiger partial charge in [-0.1, -0.05) is 6.92 Å². The first-order valence-corrected chi connectivity index (χ1v) is 5.87. The normalized spacial score (nSPS) is 26.9. The van der Waals surface area contributed by atoms with Gasteiger partial charge in [0, 0.05) is 11.8 Å². The molecule has 2 rings (SSSR count). The van der Waals surface area contributed by atoms with Crippen molar-refractivity contribution < 1.29 is 14.9 Å². The highest BCUT2D eigenvalue weighted by atomic mass is 16.6. The number of rotatable bonds is 4. The van der Waals surface area contributed by atoms with Crippen LogP contribution in [0.4, 0.5) is 5.82 Å². The van der Waals surface area contributed by atoms with E-state index in [-0.39, 0.29) is 24.9 Å². The van der Waals surface area contributed by atoms with Gasteiger partial charge in [-0.15, -0.1) is 0 Å². The van der Waals surface area contributed by atoms with Crippen LogP contribution in [-0.4, -0.2) is 39.1 Å². The van der Waals surface area contributed by atoms with Crippen molar-refractivity contribution in [2.24, 2.45) is 5.92 Å². The molecule has 100 valence electrons. The van der Waals surface area contributed by atoms with Crippen molar-refractivity contribution in [2.75, 3.05) is 18.9 Å². The van der Waals surface area contributed by atoms with Gasteiger partial charge in [-0.25, -0.2) is 4.79 Å². The maximum atomic E-state index is 11.7. The maximum Gasteiger partial charge on any atom is 0.351 e. The van der Waals surface area contributed by atoms with E-state index in [0.29, 0.717) is 6.42 Å². The Bertz CT molecular complexity index is 488. The molecule has 4 N–H and O–H groups in total. The van der Waals surface area contributed by atoms with Crippen LogP contribution in [0.1, 0.15) is 18.7 Å². The molecule has 3 atom stereocenters. The topological polar surface area (TPSA) is 111 Å². The van der Waals surface area contributed by atoms with E-state index >= 15 is 0 Å². The van der Waals surface area contributed by atoms with Crippen molar-refractivity contribution in [1.29, 1.82) is 0 Å². The first-order chi connectivity index (χ1) is 8.62. The highest BCUT2D eigenvalue weighted by Crippen LogP contribution is 2.35. The van der Waals surface area contributed by atoms with E-state index in [4.69, 9.17) is 15.6 Å². The summed E-state index contributed by atoms with van der Waals surface area (Å²) in [7, 11) is 0. The number of ether oxygens (including phenoxy) is 1. The van der Waals surface area contributed by atoms with Crippen molar-refractivity contribution in [3.8, 4) is 0 Å². The van der Waals surface area contributed by atoms with Crippen LogP contribution in [-0.2, 0) is 11.2 Å². The van der Waals surface area contributed by atoms with Crippen LogP contribution in [0.2, 0.25) is 0 Å². The van der Waals surface area contributed by atoms with Gasteiger partial charge in [0.2, 0.25) is 0 Å². The summed E-state index contributed by atoms with van der Waals surface area (Å²) in [5.41, 5.74) is 5.87. The zero-order valence-electron chi connectivity index (χ0n) is 10.1. The number of hydrogen-bond donors (Lipinski definition) is 3. The quantitative estimate of drug-likeness (QED) is 0.629. The molecule has 0 aromatic carbocycles. The Balaban J connectivity index is 2.32. The van der Waals surface area contributed by atoms with Gasteiger partial charge in [-0.2, -0.15) is 4.98 Å². The summed E-state index contributed by atoms with van der Waals surface area (Å²) in [5, 5.41) is 18.2. The summed E-state index contributed by atoms with van der Waals surface area (Å²) in [6.07, 6.45) is 1.23. The lowest BCUT2D eigenvalue weighted by Crippen LogP contribution is -2.52. The third-order valence-corrected chi connectivity index (χ3v) is 3.26. The van der Waals surface area contributed by atoms with Crippen LogP contribution in [0, 0.1) is 5.92 Å². The summed E-state index contributed by atoms with van der Waals surface area (Å²) in [4.78, 5) is 15.5. The molecule has 1 saturated heterocycles. The predicted octanol–water partition coefficient (Wildman–Crippen LogP) is -1.11. The van der Waals surface area contributed by atoms with Crippen molar-refractivity contribution in [3.05, 3.63) is 22.2 Å². The van der Waals surface area contributed by atoms with Crippen LogP contribution >= 0.6 is 0 Å². The highest BCUT2D eigenvalue weighted by Gasteiger charge is 2.43. The van der Waals surface area contributed by atoms with Gasteiger partial charge in [0.05, 0.1) is 25.2 Å². The smallest absolute Gasteiger partial charge is 0.351 e. The standard InChI is InChI=1S/C11H17N3O4/c1-2-6-3-14(11(17)13-9(6)12)10-7(4-15)8(5-16)18-10/h3,7-8,10,15-16H,2,4-5H2,1H3,(H2,12,13,17)/t7-,8-,10-/m1/s1. The number of aliphatic hydroxyl groups is 2. The van der Waals surface area contributed by atoms with Gasteiger partial charge < -0.3 is 20.7 Å². The Morgan fingerprint density at radius 3 is 2.78 bits per heavy atom. The first kappa shape index (κ1) is 13.0. The average Bonchev–Trinajstić information content (AvgIpc) is 2.31. The van der Waals surface area contributed by atoms with Gasteiger partial charge in [0.1, 0.15) is 12.0 Å². The Morgan fingerprint density at radius 1 is 1.50 bits per heavy atom. The molecule has 0 bridgehead atoms. The molecule has 1 aliphatic heterocycles. The predicted molar refractivity (Wildman–Crippen MR) is 63.9 cm³/mol. The van der Waals surface area contributed by atoms with E-state index in [2.05, 4.69) is 4.98 Å². The molecular weight excluding hydrogens is 238 g/mol. The molecule has 0 aliphatic carbocycles. The SMILES string of the molecule is CCc1cn([C@@H]2O[C@H](CO)[C@H]2CO)c(=O)nc1N. The lowest BCUT2D eigenvalue weighted by molar-refractivity contribution is -0.246. The van der Waals surface area contributed by atoms with Crippen LogP contribution in [0.5, 0.6) is 0 Å². The molecular formula is C11H17N3O4. The zero-order chi connectivity index (χ0) is 13.3. The number of hydrogen-bond acceptors (Lipinski definition) is 6. The van der Waals surface area contributed by atoms with E-state index < -0.39 is 18.0 Å². The van der Waals surface area contributed by atoms with E-state index in [1.807, 2.05) is 6.92 Å². The fraction of sp³-hybridized carbons (Fsp3) is 0.636. The summed E-state index contributed by atoms with van der Waals surface area (Å²) in [6.45, 7) is 1.57. The van der Waals surface area contributed by atoms with Crippen LogP contribution in [0.3, 0.4) is 0 Å². The fourth-order valence-electron chi connectivity index (χ4n) is 2.11. The minimum atomic E-state index is -0.585. The number of aryl methyl sites for hydroxylation is 1. The Kier molecular flexibility index (Phi) is 3.65. The van der Waals surface area contributed by atoms with Crippen molar-refractivity contribution in [2.45, 2.75) is 25.7 Å². The summed E-state index contributed by atoms with van der Waals surface area (Å²) >= 11 is 0. The third-order valence-electron chi connectivity index (χ3n) is 3.26. The molecule has 1 aromatic rings. The highest BCUT2D eigenvalue weighted by molar-refractivity contribution is 5.36. The summed E-state index contributed by atoms with van der Waals surface area (Å²) in [6, 6.07) is 0. The van der Waals surface area contributed by atoms with Crippen LogP contribution < -0.4 is 11.4 Å². The van der Waals surface area contributed by atoms with Crippen LogP contribution in [0.15, 0.2) is 11.0 Å². The van der Waals surface area contributed by atoms with Gasteiger partial charge in [0.15, 0.2) is 0 Å². The molecule has 0 unspecified atom stereocenters. The molecule has 18 heavy (non-hydrogen) atoms. The Morgan fingerprint density at radius 2 is 2.22 bits per heavy atom. The molecule has 1 aromatic heterocycles. The minimum absolute atomic E-state index is 0.159. The van der Waals surface area contributed by atoms with E-state index in [1.54, 1.807) is 6.20 Å². The number of aliphatic hydroxyl groups excluding tert-OH is 2. The Hall–Kier alpha value is -1.44. The monoisotopic (exact) mass is 255 g/mol. The maximum absolute atomic E-state index is 11.7. The first-order valence-electron chi connectivity index (χ1n) is 5.87. The molecule has 0 spiro atoms. The second kappa shape index (κ2) is 5.05. The van der Waals surface area contributed by atoms with Gasteiger partial charge in [0.25, 0.3) is 0 Å². The molecule has 7 nitrogen and oxygen atoms in total. The number of nitrogens with two attached hydrogens (primary N) is 1. The number of aromatic nitrogens is 2. The molecule has 0 saturated carbocycles. The molecule has 7 heteroatoms. The van der Waals surface area contributed by atoms with Crippen molar-refractivity contribution in [3.63, 3.8) is 0 Å². The van der Waals surface area contributed by atoms with Crippen LogP contribution in [0.25, 0.3) is 0 Å². The van der Waals surface area contributed by atoms with E-state index in [1.165, 1.54) is 4.57 Å². The summed E-state index contributed by atoms with van der Waals surface area (Å²) < 4.78 is 6.69. The van der Waals surface area contributed by atoms with Gasteiger partial charge in [-0.3, -0.25) is 4.57 Å². The number of nitrogens with zero attached hydrogens (tertiary/aromatic N) is 2. The minimum Gasteiger partial charge on any atom is -0.396 e. The average molecular weight is 255 g/mol. The zero-order valence-corrected chi connectivity index (χ0v) is 10.1. The third kappa shape index (κ3) is 2.00.